The van der Waals surface area contributed by atoms with Crippen LogP contribution in [0.2, 0.25) is 0 Å². The smallest absolute Gasteiger partial charge is 0.236 e. The van der Waals surface area contributed by atoms with Gasteiger partial charge in [0.05, 0.1) is 11.1 Å². The summed E-state index contributed by atoms with van der Waals surface area (Å²) >= 11 is 0. The van der Waals surface area contributed by atoms with Gasteiger partial charge in [0.15, 0.2) is 0 Å². The lowest BCUT2D eigenvalue weighted by Crippen LogP contribution is -2.42. The van der Waals surface area contributed by atoms with Crippen LogP contribution in [-0.4, -0.2) is 25.0 Å². The van der Waals surface area contributed by atoms with Gasteiger partial charge in [0.1, 0.15) is 12.4 Å². The van der Waals surface area contributed by atoms with E-state index in [1.165, 1.54) is 0 Å². The summed E-state index contributed by atoms with van der Waals surface area (Å²) in [5.41, 5.74) is 0.857. The summed E-state index contributed by atoms with van der Waals surface area (Å²) in [7, 11) is 0. The Balaban J connectivity index is 2.36. The first kappa shape index (κ1) is 19.3. The molecule has 5 nitrogen and oxygen atoms in total. The molecular formula is C20H30N2O3. The van der Waals surface area contributed by atoms with E-state index >= 15 is 0 Å². The minimum atomic E-state index is -0.582. The molecule has 1 aliphatic heterocycles. The van der Waals surface area contributed by atoms with E-state index in [0.717, 1.165) is 18.5 Å². The predicted octanol–water partition coefficient (Wildman–Crippen LogP) is 4.22. The first-order valence-corrected chi connectivity index (χ1v) is 9.13. The van der Waals surface area contributed by atoms with E-state index in [1.54, 1.807) is 0 Å². The lowest BCUT2D eigenvalue weighted by atomic mass is 9.92. The van der Waals surface area contributed by atoms with E-state index in [0.29, 0.717) is 36.9 Å². The van der Waals surface area contributed by atoms with Gasteiger partial charge in [0, 0.05) is 18.7 Å². The average Bonchev–Trinajstić information content (AvgIpc) is 2.62. The van der Waals surface area contributed by atoms with Crippen molar-refractivity contribution >= 4 is 23.2 Å². The van der Waals surface area contributed by atoms with Crippen molar-refractivity contribution in [2.24, 2.45) is 11.3 Å². The number of carbonyl (C=O) groups excluding carboxylic acids is 2. The van der Waals surface area contributed by atoms with Gasteiger partial charge in [-0.05, 0) is 50.8 Å². The molecule has 0 fully saturated rings. The summed E-state index contributed by atoms with van der Waals surface area (Å²) in [5.74, 6) is 1.23. The zero-order valence-corrected chi connectivity index (χ0v) is 16.0. The highest BCUT2D eigenvalue weighted by Crippen LogP contribution is 2.38. The molecule has 0 spiro atoms. The molecule has 0 unspecified atom stereocenters. The van der Waals surface area contributed by atoms with Crippen LogP contribution < -0.4 is 15.0 Å². The second kappa shape index (κ2) is 7.89. The Morgan fingerprint density at radius 1 is 1.36 bits per heavy atom. The Hall–Kier alpha value is -2.04. The van der Waals surface area contributed by atoms with Gasteiger partial charge >= 0.3 is 0 Å². The quantitative estimate of drug-likeness (QED) is 0.839. The van der Waals surface area contributed by atoms with E-state index in [-0.39, 0.29) is 11.8 Å². The Kier molecular flexibility index (Phi) is 6.09. The summed E-state index contributed by atoms with van der Waals surface area (Å²) in [6, 6.07) is 5.52. The molecule has 1 aliphatic rings. The molecule has 2 rings (SSSR count). The van der Waals surface area contributed by atoms with Crippen LogP contribution in [0.15, 0.2) is 18.2 Å². The molecule has 0 atom stereocenters. The van der Waals surface area contributed by atoms with Crippen LogP contribution in [0.5, 0.6) is 5.75 Å². The van der Waals surface area contributed by atoms with Gasteiger partial charge in [0.25, 0.3) is 0 Å². The number of nitrogens with one attached hydrogen (secondary N) is 1. The van der Waals surface area contributed by atoms with Crippen molar-refractivity contribution in [3.8, 4) is 5.75 Å². The van der Waals surface area contributed by atoms with Crippen molar-refractivity contribution in [3.05, 3.63) is 18.2 Å². The summed E-state index contributed by atoms with van der Waals surface area (Å²) in [4.78, 5) is 26.7. The van der Waals surface area contributed by atoms with E-state index < -0.39 is 5.41 Å². The molecule has 138 valence electrons. The summed E-state index contributed by atoms with van der Waals surface area (Å²) in [6.45, 7) is 11.1. The molecule has 0 bridgehead atoms. The maximum Gasteiger partial charge on any atom is 0.236 e. The van der Waals surface area contributed by atoms with Crippen molar-refractivity contribution in [2.45, 2.75) is 53.9 Å². The van der Waals surface area contributed by atoms with E-state index in [2.05, 4.69) is 19.2 Å². The highest BCUT2D eigenvalue weighted by atomic mass is 16.5. The lowest BCUT2D eigenvalue weighted by molar-refractivity contribution is -0.127. The number of carbonyl (C=O) groups is 2. The number of hydrogen-bond donors (Lipinski definition) is 1. The molecule has 0 aromatic heterocycles. The van der Waals surface area contributed by atoms with Crippen LogP contribution in [0.4, 0.5) is 11.4 Å². The first-order chi connectivity index (χ1) is 11.7. The number of fused-ring (bicyclic) bond motifs is 1. The molecule has 25 heavy (non-hydrogen) atoms. The van der Waals surface area contributed by atoms with Crippen LogP contribution >= 0.6 is 0 Å². The minimum absolute atomic E-state index is 0.0163. The van der Waals surface area contributed by atoms with Crippen molar-refractivity contribution in [1.82, 2.24) is 0 Å². The number of nitrogens with zero attached hydrogens (tertiary/aromatic N) is 1. The molecule has 0 radical (unpaired) electrons. The van der Waals surface area contributed by atoms with Crippen LogP contribution in [0.1, 0.15) is 53.9 Å². The highest BCUT2D eigenvalue weighted by Gasteiger charge is 2.37. The Morgan fingerprint density at radius 2 is 2.08 bits per heavy atom. The standard InChI is InChI=1S/C20H30N2O3/c1-6-7-18(23)21-15-8-9-17-16(12-15)22(11-10-14(2)3)19(24)20(4,5)13-25-17/h8-9,12,14H,6-7,10-11,13H2,1-5H3,(H,21,23). The van der Waals surface area contributed by atoms with Crippen LogP contribution in [-0.2, 0) is 9.59 Å². The molecule has 1 aromatic rings. The molecule has 1 N–H and O–H groups in total. The fourth-order valence-corrected chi connectivity index (χ4v) is 2.78. The maximum absolute atomic E-state index is 13.0. The fraction of sp³-hybridized carbons (Fsp3) is 0.600. The Bertz CT molecular complexity index is 638. The number of rotatable bonds is 6. The van der Waals surface area contributed by atoms with Crippen molar-refractivity contribution in [3.63, 3.8) is 0 Å². The lowest BCUT2D eigenvalue weighted by Gasteiger charge is -2.28. The third kappa shape index (κ3) is 4.74. The largest absolute Gasteiger partial charge is 0.490 e. The molecule has 0 aliphatic carbocycles. The molecule has 5 heteroatoms. The number of ether oxygens (including phenoxy) is 1. The van der Waals surface area contributed by atoms with Crippen LogP contribution in [0, 0.1) is 11.3 Å². The second-order valence-corrected chi connectivity index (χ2v) is 7.79. The SMILES string of the molecule is CCCC(=O)Nc1ccc2c(c1)N(CCC(C)C)C(=O)C(C)(C)CO2. The van der Waals surface area contributed by atoms with Crippen molar-refractivity contribution in [1.29, 1.82) is 0 Å². The van der Waals surface area contributed by atoms with Gasteiger partial charge in [-0.15, -0.1) is 0 Å². The molecule has 1 aromatic carbocycles. The number of amides is 2. The first-order valence-electron chi connectivity index (χ1n) is 9.13. The zero-order chi connectivity index (χ0) is 18.6. The summed E-state index contributed by atoms with van der Waals surface area (Å²) in [6.07, 6.45) is 2.19. The predicted molar refractivity (Wildman–Crippen MR) is 101 cm³/mol. The maximum atomic E-state index is 13.0. The van der Waals surface area contributed by atoms with E-state index in [9.17, 15) is 9.59 Å². The molecule has 2 amide bonds. The molecule has 1 heterocycles. The number of benzene rings is 1. The van der Waals surface area contributed by atoms with Crippen LogP contribution in [0.25, 0.3) is 0 Å². The monoisotopic (exact) mass is 346 g/mol. The average molecular weight is 346 g/mol. The van der Waals surface area contributed by atoms with Gasteiger partial charge in [-0.2, -0.15) is 0 Å². The van der Waals surface area contributed by atoms with Gasteiger partial charge in [-0.3, -0.25) is 9.59 Å². The third-order valence-electron chi connectivity index (χ3n) is 4.35. The minimum Gasteiger partial charge on any atom is -0.490 e. The highest BCUT2D eigenvalue weighted by molar-refractivity contribution is 6.00. The molecular weight excluding hydrogens is 316 g/mol. The fourth-order valence-electron chi connectivity index (χ4n) is 2.78. The normalized spacial score (nSPS) is 16.2. The van der Waals surface area contributed by atoms with Crippen LogP contribution in [0.3, 0.4) is 0 Å². The van der Waals surface area contributed by atoms with Crippen molar-refractivity contribution < 1.29 is 14.3 Å². The van der Waals surface area contributed by atoms with E-state index in [4.69, 9.17) is 4.74 Å². The third-order valence-corrected chi connectivity index (χ3v) is 4.35. The Morgan fingerprint density at radius 3 is 2.72 bits per heavy atom. The molecule has 0 saturated carbocycles. The molecule has 0 saturated heterocycles. The van der Waals surface area contributed by atoms with Gasteiger partial charge < -0.3 is 15.0 Å². The number of anilines is 2. The van der Waals surface area contributed by atoms with Gasteiger partial charge in [-0.25, -0.2) is 0 Å². The Labute approximate surface area is 150 Å². The van der Waals surface area contributed by atoms with Crippen molar-refractivity contribution in [2.75, 3.05) is 23.4 Å². The zero-order valence-electron chi connectivity index (χ0n) is 16.0. The van der Waals surface area contributed by atoms with Gasteiger partial charge in [-0.1, -0.05) is 20.8 Å². The summed E-state index contributed by atoms with van der Waals surface area (Å²) in [5, 5.41) is 2.90. The topological polar surface area (TPSA) is 58.6 Å². The number of hydrogen-bond acceptors (Lipinski definition) is 3. The second-order valence-electron chi connectivity index (χ2n) is 7.79. The summed E-state index contributed by atoms with van der Waals surface area (Å²) < 4.78 is 5.90. The van der Waals surface area contributed by atoms with E-state index in [1.807, 2.05) is 43.9 Å². The van der Waals surface area contributed by atoms with Gasteiger partial charge in [0.2, 0.25) is 11.8 Å².